The standard InChI is InChI=1S/C19H21N3O5S/c1-24-15-8-12(9-16(25-2)17(15)26-3)11-20-22-19(28)21-14-7-5-6-13(10-14)18(23)27-4/h5-11H,1-4H3,(H2,21,22,28)/b20-11+. The quantitative estimate of drug-likeness (QED) is 0.316. The molecule has 0 spiro atoms. The van der Waals surface area contributed by atoms with Crippen molar-refractivity contribution in [2.75, 3.05) is 33.8 Å². The molecule has 0 aliphatic rings. The maximum Gasteiger partial charge on any atom is 0.337 e. The Hall–Kier alpha value is -3.33. The van der Waals surface area contributed by atoms with Crippen molar-refractivity contribution >= 4 is 35.2 Å². The van der Waals surface area contributed by atoms with E-state index in [4.69, 9.17) is 31.2 Å². The molecule has 0 aromatic heterocycles. The van der Waals surface area contributed by atoms with E-state index in [9.17, 15) is 4.79 Å². The van der Waals surface area contributed by atoms with Crippen LogP contribution >= 0.6 is 12.2 Å². The van der Waals surface area contributed by atoms with E-state index in [-0.39, 0.29) is 5.11 Å². The van der Waals surface area contributed by atoms with Gasteiger partial charge in [0.25, 0.3) is 0 Å². The molecule has 0 heterocycles. The maximum absolute atomic E-state index is 11.6. The Balaban J connectivity index is 2.05. The fourth-order valence-electron chi connectivity index (χ4n) is 2.34. The second kappa shape index (κ2) is 10.1. The SMILES string of the molecule is COC(=O)c1cccc(NC(=S)N/N=C/c2cc(OC)c(OC)c(OC)c2)c1. The highest BCUT2D eigenvalue weighted by atomic mass is 32.1. The molecule has 2 aromatic carbocycles. The minimum Gasteiger partial charge on any atom is -0.493 e. The third-order valence-electron chi connectivity index (χ3n) is 3.61. The fourth-order valence-corrected chi connectivity index (χ4v) is 2.51. The van der Waals surface area contributed by atoms with Crippen LogP contribution in [-0.2, 0) is 4.74 Å². The normalized spacial score (nSPS) is 10.3. The number of hydrogen-bond donors (Lipinski definition) is 2. The van der Waals surface area contributed by atoms with Crippen molar-refractivity contribution in [3.63, 3.8) is 0 Å². The van der Waals surface area contributed by atoms with Gasteiger partial charge in [0.1, 0.15) is 0 Å². The molecule has 2 aromatic rings. The number of rotatable bonds is 7. The molecule has 0 saturated heterocycles. The van der Waals surface area contributed by atoms with Crippen molar-refractivity contribution in [3.05, 3.63) is 47.5 Å². The number of carbonyl (C=O) groups is 1. The number of thiocarbonyl (C=S) groups is 1. The first kappa shape index (κ1) is 21.0. The highest BCUT2D eigenvalue weighted by Crippen LogP contribution is 2.37. The Bertz CT molecular complexity index is 861. The lowest BCUT2D eigenvalue weighted by Crippen LogP contribution is -2.24. The van der Waals surface area contributed by atoms with Gasteiger partial charge >= 0.3 is 5.97 Å². The maximum atomic E-state index is 11.6. The van der Waals surface area contributed by atoms with Gasteiger partial charge in [-0.25, -0.2) is 4.79 Å². The van der Waals surface area contributed by atoms with Gasteiger partial charge < -0.3 is 24.3 Å². The molecule has 0 saturated carbocycles. The number of nitrogens with zero attached hydrogens (tertiary/aromatic N) is 1. The number of hydrazone groups is 1. The average molecular weight is 403 g/mol. The van der Waals surface area contributed by atoms with Gasteiger partial charge in [0.15, 0.2) is 16.6 Å². The average Bonchev–Trinajstić information content (AvgIpc) is 2.72. The second-order valence-electron chi connectivity index (χ2n) is 5.36. The first-order valence-corrected chi connectivity index (χ1v) is 8.51. The van der Waals surface area contributed by atoms with Gasteiger partial charge in [-0.2, -0.15) is 5.10 Å². The van der Waals surface area contributed by atoms with E-state index >= 15 is 0 Å². The number of methoxy groups -OCH3 is 4. The number of ether oxygens (including phenoxy) is 4. The van der Waals surface area contributed by atoms with E-state index in [2.05, 4.69) is 15.8 Å². The summed E-state index contributed by atoms with van der Waals surface area (Å²) in [6.45, 7) is 0. The van der Waals surface area contributed by atoms with E-state index in [0.717, 1.165) is 5.56 Å². The number of esters is 1. The van der Waals surface area contributed by atoms with Crippen LogP contribution in [-0.4, -0.2) is 45.7 Å². The third kappa shape index (κ3) is 5.34. The van der Waals surface area contributed by atoms with E-state index in [0.29, 0.717) is 28.5 Å². The van der Waals surface area contributed by atoms with Crippen molar-refractivity contribution in [2.24, 2.45) is 5.10 Å². The van der Waals surface area contributed by atoms with Gasteiger partial charge in [0.05, 0.1) is 40.2 Å². The molecule has 28 heavy (non-hydrogen) atoms. The molecule has 0 fully saturated rings. The number of hydrogen-bond acceptors (Lipinski definition) is 7. The van der Waals surface area contributed by atoms with Crippen molar-refractivity contribution in [1.82, 2.24) is 5.43 Å². The van der Waals surface area contributed by atoms with Crippen molar-refractivity contribution < 1.29 is 23.7 Å². The van der Waals surface area contributed by atoms with Crippen LogP contribution in [0.1, 0.15) is 15.9 Å². The Morgan fingerprint density at radius 1 is 1.04 bits per heavy atom. The largest absolute Gasteiger partial charge is 0.493 e. The number of benzene rings is 2. The molecular formula is C19H21N3O5S. The first-order valence-electron chi connectivity index (χ1n) is 8.10. The lowest BCUT2D eigenvalue weighted by Gasteiger charge is -2.12. The molecule has 2 N–H and O–H groups in total. The Labute approximate surface area is 168 Å². The Morgan fingerprint density at radius 3 is 2.29 bits per heavy atom. The van der Waals surface area contributed by atoms with Gasteiger partial charge in [-0.05, 0) is 42.5 Å². The smallest absolute Gasteiger partial charge is 0.337 e. The van der Waals surface area contributed by atoms with E-state index in [1.165, 1.54) is 28.4 Å². The predicted octanol–water partition coefficient (Wildman–Crippen LogP) is 2.82. The summed E-state index contributed by atoms with van der Waals surface area (Å²) in [4.78, 5) is 11.6. The van der Waals surface area contributed by atoms with Crippen LogP contribution in [0.25, 0.3) is 0 Å². The van der Waals surface area contributed by atoms with Crippen LogP contribution < -0.4 is 25.0 Å². The summed E-state index contributed by atoms with van der Waals surface area (Å²) in [5.74, 6) is 1.10. The van der Waals surface area contributed by atoms with Gasteiger partial charge in [-0.1, -0.05) is 6.07 Å². The van der Waals surface area contributed by atoms with Crippen molar-refractivity contribution in [3.8, 4) is 17.2 Å². The van der Waals surface area contributed by atoms with Gasteiger partial charge in [0, 0.05) is 11.3 Å². The second-order valence-corrected chi connectivity index (χ2v) is 5.76. The monoisotopic (exact) mass is 403 g/mol. The van der Waals surface area contributed by atoms with Gasteiger partial charge in [-0.3, -0.25) is 5.43 Å². The van der Waals surface area contributed by atoms with Crippen molar-refractivity contribution in [2.45, 2.75) is 0 Å². The minimum absolute atomic E-state index is 0.255. The molecule has 0 unspecified atom stereocenters. The summed E-state index contributed by atoms with van der Waals surface area (Å²) in [6, 6.07) is 10.3. The molecule has 0 aliphatic carbocycles. The Morgan fingerprint density at radius 2 is 1.71 bits per heavy atom. The molecule has 9 heteroatoms. The van der Waals surface area contributed by atoms with E-state index in [1.54, 1.807) is 42.6 Å². The van der Waals surface area contributed by atoms with Crippen LogP contribution in [0.5, 0.6) is 17.2 Å². The summed E-state index contributed by atoms with van der Waals surface area (Å²) in [7, 11) is 5.94. The summed E-state index contributed by atoms with van der Waals surface area (Å²) in [6.07, 6.45) is 1.56. The molecule has 0 bridgehead atoms. The molecular weight excluding hydrogens is 382 g/mol. The first-order chi connectivity index (χ1) is 13.5. The lowest BCUT2D eigenvalue weighted by atomic mass is 10.2. The molecule has 0 aliphatic heterocycles. The van der Waals surface area contributed by atoms with Crippen LogP contribution in [0.2, 0.25) is 0 Å². The fraction of sp³-hybridized carbons (Fsp3) is 0.211. The van der Waals surface area contributed by atoms with E-state index < -0.39 is 5.97 Å². The number of anilines is 1. The summed E-state index contributed by atoms with van der Waals surface area (Å²) < 4.78 is 20.6. The lowest BCUT2D eigenvalue weighted by molar-refractivity contribution is 0.0601. The molecule has 0 amide bonds. The summed E-state index contributed by atoms with van der Waals surface area (Å²) >= 11 is 5.20. The summed E-state index contributed by atoms with van der Waals surface area (Å²) in [5, 5.41) is 7.29. The molecule has 2 rings (SSSR count). The van der Waals surface area contributed by atoms with Gasteiger partial charge in [-0.15, -0.1) is 0 Å². The van der Waals surface area contributed by atoms with E-state index in [1.807, 2.05) is 0 Å². The van der Waals surface area contributed by atoms with Crippen LogP contribution in [0, 0.1) is 0 Å². The van der Waals surface area contributed by atoms with Crippen LogP contribution in [0.15, 0.2) is 41.5 Å². The van der Waals surface area contributed by atoms with Gasteiger partial charge in [0.2, 0.25) is 5.75 Å². The molecule has 8 nitrogen and oxygen atoms in total. The van der Waals surface area contributed by atoms with Crippen LogP contribution in [0.4, 0.5) is 5.69 Å². The molecule has 148 valence electrons. The summed E-state index contributed by atoms with van der Waals surface area (Å²) in [5.41, 5.74) is 4.47. The predicted molar refractivity (Wildman–Crippen MR) is 111 cm³/mol. The van der Waals surface area contributed by atoms with Crippen LogP contribution in [0.3, 0.4) is 0 Å². The number of carbonyl (C=O) groups excluding carboxylic acids is 1. The Kier molecular flexibility index (Phi) is 7.58. The zero-order valence-electron chi connectivity index (χ0n) is 15.9. The zero-order chi connectivity index (χ0) is 20.5. The zero-order valence-corrected chi connectivity index (χ0v) is 16.8. The minimum atomic E-state index is -0.428. The topological polar surface area (TPSA) is 90.4 Å². The van der Waals surface area contributed by atoms with Crippen molar-refractivity contribution in [1.29, 1.82) is 0 Å². The highest BCUT2D eigenvalue weighted by Gasteiger charge is 2.12. The highest BCUT2D eigenvalue weighted by molar-refractivity contribution is 7.80. The molecule has 0 radical (unpaired) electrons. The third-order valence-corrected chi connectivity index (χ3v) is 3.80. The molecule has 0 atom stereocenters. The number of nitrogens with one attached hydrogen (secondary N) is 2.